The van der Waals surface area contributed by atoms with Crippen molar-refractivity contribution in [3.8, 4) is 0 Å². The molecule has 0 aromatic carbocycles. The lowest BCUT2D eigenvalue weighted by molar-refractivity contribution is -0.150. The van der Waals surface area contributed by atoms with E-state index in [1.807, 2.05) is 41.5 Å². The number of nitrogens with one attached hydrogen (secondary N) is 2. The fourth-order valence-corrected chi connectivity index (χ4v) is 2.99. The first kappa shape index (κ1) is 16.8. The minimum absolute atomic E-state index is 0.0166. The number of carbonyl (C=O) groups is 2. The van der Waals surface area contributed by atoms with Gasteiger partial charge in [0, 0.05) is 11.6 Å². The molecule has 3 N–H and O–H groups in total. The molecule has 116 valence electrons. The van der Waals surface area contributed by atoms with Crippen LogP contribution in [0.15, 0.2) is 0 Å². The van der Waals surface area contributed by atoms with Crippen LogP contribution in [-0.4, -0.2) is 28.7 Å². The number of hydrogen-bond donors (Lipinski definition) is 3. The van der Waals surface area contributed by atoms with Crippen LogP contribution in [0.25, 0.3) is 0 Å². The Morgan fingerprint density at radius 3 is 2.20 bits per heavy atom. The zero-order chi connectivity index (χ0) is 15.7. The summed E-state index contributed by atoms with van der Waals surface area (Å²) in [6, 6.07) is -0.165. The first-order chi connectivity index (χ1) is 8.95. The van der Waals surface area contributed by atoms with Crippen molar-refractivity contribution in [2.24, 2.45) is 17.3 Å². The molecule has 0 aliphatic heterocycles. The molecule has 20 heavy (non-hydrogen) atoms. The second-order valence-corrected chi connectivity index (χ2v) is 7.53. The van der Waals surface area contributed by atoms with Crippen molar-refractivity contribution in [2.45, 2.75) is 66.0 Å². The van der Waals surface area contributed by atoms with Crippen molar-refractivity contribution in [3.05, 3.63) is 0 Å². The molecule has 3 unspecified atom stereocenters. The van der Waals surface area contributed by atoms with E-state index in [-0.39, 0.29) is 34.9 Å². The van der Waals surface area contributed by atoms with Crippen LogP contribution in [0.4, 0.5) is 4.79 Å². The fraction of sp³-hybridized carbons (Fsp3) is 0.867. The summed E-state index contributed by atoms with van der Waals surface area (Å²) in [5.41, 5.74) is -0.606. The van der Waals surface area contributed by atoms with Gasteiger partial charge in [-0.15, -0.1) is 0 Å². The van der Waals surface area contributed by atoms with E-state index in [2.05, 4.69) is 10.6 Å². The molecule has 1 saturated carbocycles. The highest BCUT2D eigenvalue weighted by molar-refractivity contribution is 5.75. The van der Waals surface area contributed by atoms with E-state index < -0.39 is 5.97 Å². The molecule has 2 amide bonds. The van der Waals surface area contributed by atoms with Gasteiger partial charge in [0.15, 0.2) is 0 Å². The number of aliphatic carboxylic acids is 1. The van der Waals surface area contributed by atoms with Gasteiger partial charge in [-0.25, -0.2) is 4.79 Å². The Labute approximate surface area is 121 Å². The number of carbonyl (C=O) groups excluding carboxylic acids is 1. The van der Waals surface area contributed by atoms with Crippen LogP contribution in [0.2, 0.25) is 0 Å². The molecule has 1 rings (SSSR count). The Morgan fingerprint density at radius 1 is 1.20 bits per heavy atom. The standard InChI is InChI=1S/C15H28N2O3/c1-9-11(16-13(20)17-14(2,3)4)8-7-10(12(18)19)15(9,5)6/h9-11H,7-8H2,1-6H3,(H,18,19)(H2,16,17,20). The summed E-state index contributed by atoms with van der Waals surface area (Å²) >= 11 is 0. The highest BCUT2D eigenvalue weighted by atomic mass is 16.4. The number of carboxylic acid groups (broad SMARTS) is 1. The topological polar surface area (TPSA) is 78.4 Å². The third kappa shape index (κ3) is 3.87. The third-order valence-corrected chi connectivity index (χ3v) is 4.54. The molecule has 0 bridgehead atoms. The van der Waals surface area contributed by atoms with Crippen molar-refractivity contribution in [3.63, 3.8) is 0 Å². The average Bonchev–Trinajstić information content (AvgIpc) is 2.21. The Hall–Kier alpha value is -1.26. The second-order valence-electron chi connectivity index (χ2n) is 7.53. The average molecular weight is 284 g/mol. The van der Waals surface area contributed by atoms with Crippen molar-refractivity contribution < 1.29 is 14.7 Å². The van der Waals surface area contributed by atoms with Crippen LogP contribution in [0.1, 0.15) is 54.4 Å². The molecule has 0 radical (unpaired) electrons. The molecular weight excluding hydrogens is 256 g/mol. The number of hydrogen-bond acceptors (Lipinski definition) is 2. The summed E-state index contributed by atoms with van der Waals surface area (Å²) < 4.78 is 0. The summed E-state index contributed by atoms with van der Waals surface area (Å²) in [6.07, 6.45) is 1.31. The largest absolute Gasteiger partial charge is 0.481 e. The predicted octanol–water partition coefficient (Wildman–Crippen LogP) is 2.61. The van der Waals surface area contributed by atoms with Gasteiger partial charge in [-0.3, -0.25) is 4.79 Å². The first-order valence-electron chi connectivity index (χ1n) is 7.26. The van der Waals surface area contributed by atoms with E-state index in [4.69, 9.17) is 0 Å². The highest BCUT2D eigenvalue weighted by Gasteiger charge is 2.46. The maximum absolute atomic E-state index is 12.0. The van der Waals surface area contributed by atoms with Gasteiger partial charge in [0.05, 0.1) is 5.92 Å². The highest BCUT2D eigenvalue weighted by Crippen LogP contribution is 2.45. The van der Waals surface area contributed by atoms with Gasteiger partial charge in [0.2, 0.25) is 0 Å². The molecule has 1 fully saturated rings. The molecule has 0 spiro atoms. The van der Waals surface area contributed by atoms with Crippen LogP contribution in [0, 0.1) is 17.3 Å². The molecule has 5 heteroatoms. The van der Waals surface area contributed by atoms with Gasteiger partial charge in [-0.05, 0) is 44.9 Å². The predicted molar refractivity (Wildman–Crippen MR) is 78.5 cm³/mol. The molecule has 5 nitrogen and oxygen atoms in total. The van der Waals surface area contributed by atoms with E-state index in [1.165, 1.54) is 0 Å². The zero-order valence-corrected chi connectivity index (χ0v) is 13.4. The summed E-state index contributed by atoms with van der Waals surface area (Å²) in [5, 5.41) is 15.2. The Kier molecular flexibility index (Phi) is 4.72. The van der Waals surface area contributed by atoms with Crippen LogP contribution < -0.4 is 10.6 Å². The van der Waals surface area contributed by atoms with E-state index in [9.17, 15) is 14.7 Å². The maximum atomic E-state index is 12.0. The quantitative estimate of drug-likeness (QED) is 0.729. The molecule has 0 aromatic rings. The van der Waals surface area contributed by atoms with Crippen molar-refractivity contribution in [2.75, 3.05) is 0 Å². The van der Waals surface area contributed by atoms with E-state index in [0.29, 0.717) is 12.8 Å². The van der Waals surface area contributed by atoms with Gasteiger partial charge in [-0.1, -0.05) is 20.8 Å². The van der Waals surface area contributed by atoms with Gasteiger partial charge in [-0.2, -0.15) is 0 Å². The smallest absolute Gasteiger partial charge is 0.315 e. The lowest BCUT2D eigenvalue weighted by atomic mass is 9.61. The monoisotopic (exact) mass is 284 g/mol. The van der Waals surface area contributed by atoms with Crippen LogP contribution in [0.5, 0.6) is 0 Å². The molecule has 0 saturated heterocycles. The van der Waals surface area contributed by atoms with Crippen LogP contribution >= 0.6 is 0 Å². The minimum atomic E-state index is -0.737. The third-order valence-electron chi connectivity index (χ3n) is 4.54. The summed E-state index contributed by atoms with van der Waals surface area (Å²) in [4.78, 5) is 23.3. The molecule has 1 aliphatic carbocycles. The lowest BCUT2D eigenvalue weighted by Gasteiger charge is -2.46. The fourth-order valence-electron chi connectivity index (χ4n) is 2.99. The number of carboxylic acids is 1. The van der Waals surface area contributed by atoms with E-state index >= 15 is 0 Å². The normalized spacial score (nSPS) is 29.6. The van der Waals surface area contributed by atoms with Gasteiger partial charge in [0.25, 0.3) is 0 Å². The summed E-state index contributed by atoms with van der Waals surface area (Å²) in [7, 11) is 0. The molecule has 1 aliphatic rings. The van der Waals surface area contributed by atoms with Crippen LogP contribution in [0.3, 0.4) is 0 Å². The van der Waals surface area contributed by atoms with Crippen molar-refractivity contribution in [1.82, 2.24) is 10.6 Å². The first-order valence-corrected chi connectivity index (χ1v) is 7.26. The van der Waals surface area contributed by atoms with Gasteiger partial charge in [0.1, 0.15) is 0 Å². The lowest BCUT2D eigenvalue weighted by Crippen LogP contribution is -2.56. The van der Waals surface area contributed by atoms with Gasteiger partial charge < -0.3 is 15.7 Å². The van der Waals surface area contributed by atoms with Crippen molar-refractivity contribution >= 4 is 12.0 Å². The molecular formula is C15H28N2O3. The molecule has 3 atom stereocenters. The Bertz CT molecular complexity index is 385. The van der Waals surface area contributed by atoms with Crippen LogP contribution in [-0.2, 0) is 4.79 Å². The second kappa shape index (κ2) is 5.62. The summed E-state index contributed by atoms with van der Waals surface area (Å²) in [5.74, 6) is -0.969. The number of urea groups is 1. The number of rotatable bonds is 2. The minimum Gasteiger partial charge on any atom is -0.481 e. The maximum Gasteiger partial charge on any atom is 0.315 e. The Morgan fingerprint density at radius 2 is 1.75 bits per heavy atom. The number of amides is 2. The Balaban J connectivity index is 2.71. The molecule has 0 aromatic heterocycles. The van der Waals surface area contributed by atoms with Gasteiger partial charge >= 0.3 is 12.0 Å². The summed E-state index contributed by atoms with van der Waals surface area (Å²) in [6.45, 7) is 11.8. The zero-order valence-electron chi connectivity index (χ0n) is 13.4. The van der Waals surface area contributed by atoms with Crippen molar-refractivity contribution in [1.29, 1.82) is 0 Å². The van der Waals surface area contributed by atoms with E-state index in [1.54, 1.807) is 0 Å². The molecule has 0 heterocycles. The SMILES string of the molecule is CC1C(NC(=O)NC(C)(C)C)CCC(C(=O)O)C1(C)C. The van der Waals surface area contributed by atoms with E-state index in [0.717, 1.165) is 0 Å².